The molecule has 20 heavy (non-hydrogen) atoms. The van der Waals surface area contributed by atoms with Crippen LogP contribution in [0.1, 0.15) is 25.0 Å². The van der Waals surface area contributed by atoms with E-state index in [1.54, 1.807) is 39.8 Å². The Labute approximate surface area is 117 Å². The van der Waals surface area contributed by atoms with E-state index in [9.17, 15) is 14.7 Å². The van der Waals surface area contributed by atoms with Gasteiger partial charge in [-0.05, 0) is 30.9 Å². The maximum Gasteiger partial charge on any atom is 0.307 e. The number of hydrogen-bond donors (Lipinski definition) is 3. The Hall–Kier alpha value is -2.04. The third-order valence-electron chi connectivity index (χ3n) is 4.27. The van der Waals surface area contributed by atoms with Crippen LogP contribution in [0.5, 0.6) is 5.75 Å². The van der Waals surface area contributed by atoms with Gasteiger partial charge in [0, 0.05) is 11.3 Å². The van der Waals surface area contributed by atoms with E-state index in [1.807, 2.05) is 0 Å². The molecule has 0 radical (unpaired) electrons. The van der Waals surface area contributed by atoms with Gasteiger partial charge < -0.3 is 15.5 Å². The van der Waals surface area contributed by atoms with Crippen LogP contribution in [0.3, 0.4) is 0 Å². The fraction of sp³-hybridized carbons (Fsp3) is 0.467. The Morgan fingerprint density at radius 1 is 1.20 bits per heavy atom. The molecule has 2 unspecified atom stereocenters. The maximum atomic E-state index is 12.2. The lowest BCUT2D eigenvalue weighted by Crippen LogP contribution is -2.18. The van der Waals surface area contributed by atoms with E-state index in [0.717, 1.165) is 5.56 Å². The van der Waals surface area contributed by atoms with Gasteiger partial charge in [-0.15, -0.1) is 0 Å². The molecule has 0 spiro atoms. The van der Waals surface area contributed by atoms with Crippen LogP contribution in [0.2, 0.25) is 0 Å². The predicted molar refractivity (Wildman–Crippen MR) is 74.6 cm³/mol. The summed E-state index contributed by atoms with van der Waals surface area (Å²) < 4.78 is 0. The second-order valence-corrected chi connectivity index (χ2v) is 6.01. The Kier molecular flexibility index (Phi) is 3.24. The number of benzene rings is 1. The third kappa shape index (κ3) is 2.13. The van der Waals surface area contributed by atoms with Crippen molar-refractivity contribution in [3.8, 4) is 5.75 Å². The number of hydrogen-bond acceptors (Lipinski definition) is 3. The van der Waals surface area contributed by atoms with E-state index >= 15 is 0 Å². The number of carbonyl (C=O) groups excluding carboxylic acids is 1. The van der Waals surface area contributed by atoms with Crippen LogP contribution in [0.4, 0.5) is 5.69 Å². The molecule has 5 nitrogen and oxygen atoms in total. The highest BCUT2D eigenvalue weighted by Crippen LogP contribution is 2.58. The Bertz CT molecular complexity index is 592. The molecule has 3 N–H and O–H groups in total. The largest absolute Gasteiger partial charge is 0.507 e. The highest BCUT2D eigenvalue weighted by atomic mass is 16.4. The van der Waals surface area contributed by atoms with Gasteiger partial charge in [-0.25, -0.2) is 0 Å². The summed E-state index contributed by atoms with van der Waals surface area (Å²) in [4.78, 5) is 23.3. The molecule has 1 saturated carbocycles. The van der Waals surface area contributed by atoms with Crippen LogP contribution in [0.15, 0.2) is 12.1 Å². The highest BCUT2D eigenvalue weighted by molar-refractivity contribution is 6.00. The molecule has 1 aromatic carbocycles. The van der Waals surface area contributed by atoms with E-state index in [4.69, 9.17) is 5.11 Å². The molecule has 1 fully saturated rings. The molecule has 1 aromatic rings. The van der Waals surface area contributed by atoms with Crippen molar-refractivity contribution in [1.29, 1.82) is 0 Å². The average Bonchev–Trinajstić information content (AvgIpc) is 2.93. The van der Waals surface area contributed by atoms with Gasteiger partial charge in [-0.1, -0.05) is 19.9 Å². The summed E-state index contributed by atoms with van der Waals surface area (Å²) in [5.74, 6) is -2.30. The molecule has 0 saturated heterocycles. The van der Waals surface area contributed by atoms with Gasteiger partial charge in [0.15, 0.2) is 0 Å². The monoisotopic (exact) mass is 277 g/mol. The first kappa shape index (κ1) is 14.4. The van der Waals surface area contributed by atoms with Crippen molar-refractivity contribution in [2.75, 3.05) is 5.32 Å². The van der Waals surface area contributed by atoms with Crippen molar-refractivity contribution >= 4 is 17.6 Å². The minimum atomic E-state index is -0.946. The van der Waals surface area contributed by atoms with Crippen LogP contribution in [-0.2, 0) is 9.59 Å². The van der Waals surface area contributed by atoms with Gasteiger partial charge in [-0.3, -0.25) is 9.59 Å². The first-order valence-electron chi connectivity index (χ1n) is 6.50. The second kappa shape index (κ2) is 4.51. The molecule has 2 atom stereocenters. The molecule has 1 aliphatic carbocycles. The molecule has 5 heteroatoms. The number of aryl methyl sites for hydroxylation is 1. The lowest BCUT2D eigenvalue weighted by Gasteiger charge is -2.11. The number of phenolic OH excluding ortho intramolecular Hbond substituents is 1. The number of carboxylic acids is 1. The number of phenols is 1. The number of anilines is 1. The molecule has 1 aliphatic rings. The maximum absolute atomic E-state index is 12.2. The molecular weight excluding hydrogens is 258 g/mol. The first-order chi connectivity index (χ1) is 9.17. The number of nitrogens with one attached hydrogen (secondary N) is 1. The molecule has 0 bridgehead atoms. The van der Waals surface area contributed by atoms with E-state index < -0.39 is 23.2 Å². The standard InChI is InChI=1S/C15H19NO4/c1-7-5-6-9(8(2)12(7)17)16-13(18)10-11(14(19)20)15(10,3)4/h5-6,10-11,17H,1-4H3,(H,16,18)(H,19,20). The van der Waals surface area contributed by atoms with Crippen LogP contribution < -0.4 is 5.32 Å². The first-order valence-corrected chi connectivity index (χ1v) is 6.50. The predicted octanol–water partition coefficient (Wildman–Crippen LogP) is 2.30. The Balaban J connectivity index is 2.18. The minimum absolute atomic E-state index is 0.146. The molecule has 0 aliphatic heterocycles. The van der Waals surface area contributed by atoms with Gasteiger partial charge in [0.05, 0.1) is 11.8 Å². The average molecular weight is 277 g/mol. The van der Waals surface area contributed by atoms with Crippen LogP contribution in [-0.4, -0.2) is 22.1 Å². The van der Waals surface area contributed by atoms with E-state index in [1.165, 1.54) is 0 Å². The van der Waals surface area contributed by atoms with Crippen molar-refractivity contribution in [2.24, 2.45) is 17.3 Å². The lowest BCUT2D eigenvalue weighted by molar-refractivity contribution is -0.140. The Morgan fingerprint density at radius 3 is 2.30 bits per heavy atom. The van der Waals surface area contributed by atoms with Gasteiger partial charge >= 0.3 is 5.97 Å². The quantitative estimate of drug-likeness (QED) is 0.791. The summed E-state index contributed by atoms with van der Waals surface area (Å²) in [7, 11) is 0. The van der Waals surface area contributed by atoms with E-state index in [0.29, 0.717) is 11.3 Å². The number of carbonyl (C=O) groups is 2. The van der Waals surface area contributed by atoms with Crippen molar-refractivity contribution in [1.82, 2.24) is 0 Å². The highest BCUT2D eigenvalue weighted by Gasteiger charge is 2.65. The number of aliphatic carboxylic acids is 1. The molecule has 1 amide bonds. The zero-order valence-corrected chi connectivity index (χ0v) is 12.0. The van der Waals surface area contributed by atoms with Crippen molar-refractivity contribution < 1.29 is 19.8 Å². The van der Waals surface area contributed by atoms with Crippen LogP contribution >= 0.6 is 0 Å². The number of amides is 1. The zero-order chi connectivity index (χ0) is 15.2. The second-order valence-electron chi connectivity index (χ2n) is 6.01. The topological polar surface area (TPSA) is 86.6 Å². The number of rotatable bonds is 3. The molecular formula is C15H19NO4. The number of carboxylic acid groups (broad SMARTS) is 1. The minimum Gasteiger partial charge on any atom is -0.507 e. The summed E-state index contributed by atoms with van der Waals surface area (Å²) in [6.07, 6.45) is 0. The van der Waals surface area contributed by atoms with Crippen molar-refractivity contribution in [2.45, 2.75) is 27.7 Å². The molecule has 0 aromatic heterocycles. The zero-order valence-electron chi connectivity index (χ0n) is 12.0. The third-order valence-corrected chi connectivity index (χ3v) is 4.27. The van der Waals surface area contributed by atoms with E-state index in [-0.39, 0.29) is 11.7 Å². The van der Waals surface area contributed by atoms with Crippen LogP contribution in [0, 0.1) is 31.1 Å². The lowest BCUT2D eigenvalue weighted by atomic mass is 10.1. The normalized spacial score (nSPS) is 23.2. The summed E-state index contributed by atoms with van der Waals surface area (Å²) in [5, 5.41) is 21.7. The number of aromatic hydroxyl groups is 1. The summed E-state index contributed by atoms with van der Waals surface area (Å²) in [6.45, 7) is 7.04. The smallest absolute Gasteiger partial charge is 0.307 e. The summed E-state index contributed by atoms with van der Waals surface area (Å²) in [5.41, 5.74) is 1.31. The van der Waals surface area contributed by atoms with Crippen molar-refractivity contribution in [3.05, 3.63) is 23.3 Å². The van der Waals surface area contributed by atoms with Gasteiger partial charge in [-0.2, -0.15) is 0 Å². The molecule has 108 valence electrons. The molecule has 2 rings (SSSR count). The van der Waals surface area contributed by atoms with E-state index in [2.05, 4.69) is 5.32 Å². The van der Waals surface area contributed by atoms with Gasteiger partial charge in [0.2, 0.25) is 5.91 Å². The van der Waals surface area contributed by atoms with Gasteiger partial charge in [0.25, 0.3) is 0 Å². The van der Waals surface area contributed by atoms with Crippen LogP contribution in [0.25, 0.3) is 0 Å². The summed E-state index contributed by atoms with van der Waals surface area (Å²) in [6, 6.07) is 3.43. The molecule has 0 heterocycles. The fourth-order valence-electron chi connectivity index (χ4n) is 2.77. The summed E-state index contributed by atoms with van der Waals surface area (Å²) >= 11 is 0. The fourth-order valence-corrected chi connectivity index (χ4v) is 2.77. The van der Waals surface area contributed by atoms with Gasteiger partial charge in [0.1, 0.15) is 5.75 Å². The SMILES string of the molecule is Cc1ccc(NC(=O)C2C(C(=O)O)C2(C)C)c(C)c1O. The van der Waals surface area contributed by atoms with Crippen molar-refractivity contribution in [3.63, 3.8) is 0 Å². The Morgan fingerprint density at radius 2 is 1.80 bits per heavy atom.